The van der Waals surface area contributed by atoms with Crippen molar-refractivity contribution in [3.63, 3.8) is 0 Å². The van der Waals surface area contributed by atoms with Gasteiger partial charge in [0, 0.05) is 21.7 Å². The molecule has 0 aliphatic heterocycles. The van der Waals surface area contributed by atoms with E-state index in [1.54, 1.807) is 55.9 Å². The van der Waals surface area contributed by atoms with Crippen molar-refractivity contribution in [1.82, 2.24) is 0 Å². The van der Waals surface area contributed by atoms with E-state index in [4.69, 9.17) is 9.47 Å². The molecule has 0 radical (unpaired) electrons. The number of hydrogen-bond acceptors (Lipinski definition) is 5. The van der Waals surface area contributed by atoms with Crippen LogP contribution in [0.25, 0.3) is 16.5 Å². The number of allylic oxidation sites excluding steroid dienone is 1. The van der Waals surface area contributed by atoms with E-state index in [2.05, 4.69) is 5.32 Å². The van der Waals surface area contributed by atoms with Gasteiger partial charge in [0.2, 0.25) is 6.41 Å². The quantitative estimate of drug-likeness (QED) is 0.336. The van der Waals surface area contributed by atoms with Crippen LogP contribution in [-0.4, -0.2) is 26.4 Å². The minimum atomic E-state index is -0.134. The molecule has 0 saturated heterocycles. The second-order valence-electron chi connectivity index (χ2n) is 5.82. The SMILES string of the molecule is COc1cc(/C=C/C(=O)c2ccc(NC=O)cc2)cc(-c2cccs2)c1OC. The number of amides is 1. The third kappa shape index (κ3) is 4.29. The molecule has 1 heterocycles. The number of ether oxygens (including phenoxy) is 2. The number of methoxy groups -OCH3 is 2. The van der Waals surface area contributed by atoms with Crippen molar-refractivity contribution in [2.75, 3.05) is 19.5 Å². The first-order chi connectivity index (χ1) is 13.7. The zero-order valence-electron chi connectivity index (χ0n) is 15.5. The molecule has 0 unspecified atom stereocenters. The van der Waals surface area contributed by atoms with Crippen LogP contribution in [0.4, 0.5) is 5.69 Å². The summed E-state index contributed by atoms with van der Waals surface area (Å²) in [7, 11) is 3.20. The Morgan fingerprint density at radius 2 is 1.86 bits per heavy atom. The Morgan fingerprint density at radius 1 is 1.07 bits per heavy atom. The molecule has 28 heavy (non-hydrogen) atoms. The molecular weight excluding hydrogens is 374 g/mol. The van der Waals surface area contributed by atoms with Gasteiger partial charge in [-0.2, -0.15) is 0 Å². The maximum Gasteiger partial charge on any atom is 0.211 e. The summed E-state index contributed by atoms with van der Waals surface area (Å²) in [6.45, 7) is 0. The number of rotatable bonds is 8. The minimum Gasteiger partial charge on any atom is -0.493 e. The van der Waals surface area contributed by atoms with E-state index in [-0.39, 0.29) is 5.78 Å². The summed E-state index contributed by atoms with van der Waals surface area (Å²) in [5.74, 6) is 1.13. The van der Waals surface area contributed by atoms with Crippen LogP contribution in [0.15, 0.2) is 60.0 Å². The monoisotopic (exact) mass is 393 g/mol. The van der Waals surface area contributed by atoms with E-state index in [1.165, 1.54) is 6.08 Å². The van der Waals surface area contributed by atoms with Crippen molar-refractivity contribution in [1.29, 1.82) is 0 Å². The molecule has 0 spiro atoms. The fourth-order valence-corrected chi connectivity index (χ4v) is 3.50. The van der Waals surface area contributed by atoms with E-state index in [0.29, 0.717) is 29.2 Å². The summed E-state index contributed by atoms with van der Waals surface area (Å²) in [5.41, 5.74) is 2.91. The predicted octanol–water partition coefficient (Wildman–Crippen LogP) is 4.90. The third-order valence-electron chi connectivity index (χ3n) is 4.11. The number of carbonyl (C=O) groups excluding carboxylic acids is 2. The minimum absolute atomic E-state index is 0.134. The number of benzene rings is 2. The summed E-state index contributed by atoms with van der Waals surface area (Å²) in [6.07, 6.45) is 3.86. The molecule has 0 bridgehead atoms. The lowest BCUT2D eigenvalue weighted by atomic mass is 10.0. The largest absolute Gasteiger partial charge is 0.493 e. The number of thiophene rings is 1. The molecule has 0 saturated carbocycles. The Morgan fingerprint density at radius 3 is 2.46 bits per heavy atom. The lowest BCUT2D eigenvalue weighted by molar-refractivity contribution is -0.105. The maximum atomic E-state index is 12.4. The molecule has 5 nitrogen and oxygen atoms in total. The van der Waals surface area contributed by atoms with Crippen molar-refractivity contribution in [2.45, 2.75) is 0 Å². The molecule has 1 aromatic heterocycles. The van der Waals surface area contributed by atoms with Crippen LogP contribution in [0.2, 0.25) is 0 Å². The fraction of sp³-hybridized carbons (Fsp3) is 0.0909. The molecule has 0 aliphatic carbocycles. The van der Waals surface area contributed by atoms with Gasteiger partial charge in [0.1, 0.15) is 0 Å². The van der Waals surface area contributed by atoms with Crippen molar-refractivity contribution in [3.8, 4) is 21.9 Å². The Hall–Kier alpha value is -3.38. The van der Waals surface area contributed by atoms with Gasteiger partial charge in [0.15, 0.2) is 17.3 Å². The zero-order chi connectivity index (χ0) is 19.9. The predicted molar refractivity (Wildman–Crippen MR) is 112 cm³/mol. The summed E-state index contributed by atoms with van der Waals surface area (Å²) >= 11 is 1.60. The van der Waals surface area contributed by atoms with E-state index in [9.17, 15) is 9.59 Å². The Labute approximate surface area is 167 Å². The Kier molecular flexibility index (Phi) is 6.24. The Bertz CT molecular complexity index is 992. The lowest BCUT2D eigenvalue weighted by Gasteiger charge is -2.13. The van der Waals surface area contributed by atoms with Crippen LogP contribution in [0, 0.1) is 0 Å². The van der Waals surface area contributed by atoms with Gasteiger partial charge < -0.3 is 14.8 Å². The topological polar surface area (TPSA) is 64.6 Å². The normalized spacial score (nSPS) is 10.6. The van der Waals surface area contributed by atoms with Crippen molar-refractivity contribution in [3.05, 3.63) is 71.1 Å². The van der Waals surface area contributed by atoms with Crippen molar-refractivity contribution < 1.29 is 19.1 Å². The van der Waals surface area contributed by atoms with Gasteiger partial charge >= 0.3 is 0 Å². The summed E-state index contributed by atoms with van der Waals surface area (Å²) < 4.78 is 11.0. The summed E-state index contributed by atoms with van der Waals surface area (Å²) in [4.78, 5) is 24.0. The van der Waals surface area contributed by atoms with Crippen LogP contribution in [0.3, 0.4) is 0 Å². The van der Waals surface area contributed by atoms with Gasteiger partial charge in [-0.1, -0.05) is 12.1 Å². The highest BCUT2D eigenvalue weighted by molar-refractivity contribution is 7.13. The average Bonchev–Trinajstić information content (AvgIpc) is 3.26. The second-order valence-corrected chi connectivity index (χ2v) is 6.77. The van der Waals surface area contributed by atoms with Gasteiger partial charge in [-0.25, -0.2) is 0 Å². The number of carbonyl (C=O) groups is 2. The van der Waals surface area contributed by atoms with Crippen molar-refractivity contribution in [2.24, 2.45) is 0 Å². The molecule has 0 aliphatic rings. The standard InChI is InChI=1S/C22H19NO4S/c1-26-20-13-15(12-18(22(20)27-2)21-4-3-11-28-21)5-10-19(25)16-6-8-17(9-7-16)23-14-24/h3-14H,1-2H3,(H,23,24)/b10-5+. The van der Waals surface area contributed by atoms with E-state index >= 15 is 0 Å². The van der Waals surface area contributed by atoms with Crippen LogP contribution in [-0.2, 0) is 4.79 Å². The van der Waals surface area contributed by atoms with Gasteiger partial charge in [-0.3, -0.25) is 9.59 Å². The first-order valence-corrected chi connectivity index (χ1v) is 9.36. The van der Waals surface area contributed by atoms with Crippen LogP contribution < -0.4 is 14.8 Å². The van der Waals surface area contributed by atoms with Crippen LogP contribution >= 0.6 is 11.3 Å². The number of anilines is 1. The molecule has 0 atom stereocenters. The van der Waals surface area contributed by atoms with Crippen LogP contribution in [0.1, 0.15) is 15.9 Å². The van der Waals surface area contributed by atoms with Crippen molar-refractivity contribution >= 4 is 35.3 Å². The first kappa shape index (κ1) is 19.4. The first-order valence-electron chi connectivity index (χ1n) is 8.49. The van der Waals surface area contributed by atoms with Gasteiger partial charge in [-0.05, 0) is 59.5 Å². The van der Waals surface area contributed by atoms with E-state index in [0.717, 1.165) is 16.0 Å². The second kappa shape index (κ2) is 9.01. The number of nitrogens with one attached hydrogen (secondary N) is 1. The molecule has 2 aromatic carbocycles. The smallest absolute Gasteiger partial charge is 0.211 e. The zero-order valence-corrected chi connectivity index (χ0v) is 16.3. The third-order valence-corrected chi connectivity index (χ3v) is 5.01. The summed E-state index contributed by atoms with van der Waals surface area (Å²) in [5, 5.41) is 4.54. The van der Waals surface area contributed by atoms with Gasteiger partial charge in [0.25, 0.3) is 0 Å². The molecule has 0 fully saturated rings. The van der Waals surface area contributed by atoms with Crippen LogP contribution in [0.5, 0.6) is 11.5 Å². The number of hydrogen-bond donors (Lipinski definition) is 1. The molecule has 1 amide bonds. The molecule has 3 rings (SSSR count). The molecule has 3 aromatic rings. The fourth-order valence-electron chi connectivity index (χ4n) is 2.76. The molecular formula is C22H19NO4S. The van der Waals surface area contributed by atoms with Gasteiger partial charge in [-0.15, -0.1) is 11.3 Å². The number of ketones is 1. The molecule has 6 heteroatoms. The Balaban J connectivity index is 1.89. The summed E-state index contributed by atoms with van der Waals surface area (Å²) in [6, 6.07) is 14.5. The van der Waals surface area contributed by atoms with E-state index in [1.807, 2.05) is 29.6 Å². The maximum absolute atomic E-state index is 12.4. The highest BCUT2D eigenvalue weighted by Crippen LogP contribution is 2.41. The van der Waals surface area contributed by atoms with E-state index < -0.39 is 0 Å². The average molecular weight is 393 g/mol. The highest BCUT2D eigenvalue weighted by atomic mass is 32.1. The lowest BCUT2D eigenvalue weighted by Crippen LogP contribution is -1.97. The van der Waals surface area contributed by atoms with Gasteiger partial charge in [0.05, 0.1) is 14.2 Å². The molecule has 142 valence electrons. The highest BCUT2D eigenvalue weighted by Gasteiger charge is 2.14. The molecule has 1 N–H and O–H groups in total.